The number of nitrogens with zero attached hydrogens (tertiary/aromatic N) is 2. The van der Waals surface area contributed by atoms with Crippen LogP contribution in [0.2, 0.25) is 0 Å². The van der Waals surface area contributed by atoms with E-state index in [1.54, 1.807) is 0 Å². The van der Waals surface area contributed by atoms with Gasteiger partial charge in [0.15, 0.2) is 11.6 Å². The number of ether oxygens (including phenoxy) is 1. The lowest BCUT2D eigenvalue weighted by atomic mass is 10.3. The van der Waals surface area contributed by atoms with Crippen molar-refractivity contribution in [2.45, 2.75) is 0 Å². The number of hydrogen-bond donors (Lipinski definition) is 0. The SMILES string of the molecule is Fc1ccc(Oc2ccncn2)c(F)c1. The molecule has 0 fully saturated rings. The lowest BCUT2D eigenvalue weighted by molar-refractivity contribution is 0.422. The van der Waals surface area contributed by atoms with Crippen LogP contribution in [0.3, 0.4) is 0 Å². The van der Waals surface area contributed by atoms with E-state index in [0.717, 1.165) is 12.1 Å². The zero-order valence-electron chi connectivity index (χ0n) is 7.52. The quantitative estimate of drug-likeness (QED) is 0.760. The van der Waals surface area contributed by atoms with Gasteiger partial charge in [-0.25, -0.2) is 18.7 Å². The van der Waals surface area contributed by atoms with Gasteiger partial charge in [0.1, 0.15) is 12.1 Å². The van der Waals surface area contributed by atoms with Gasteiger partial charge in [0.25, 0.3) is 0 Å². The summed E-state index contributed by atoms with van der Waals surface area (Å²) in [5.41, 5.74) is 0. The molecule has 76 valence electrons. The Morgan fingerprint density at radius 2 is 2.00 bits per heavy atom. The first-order valence-electron chi connectivity index (χ1n) is 4.14. The molecule has 1 heterocycles. The monoisotopic (exact) mass is 208 g/mol. The fraction of sp³-hybridized carbons (Fsp3) is 0. The van der Waals surface area contributed by atoms with Crippen molar-refractivity contribution in [3.05, 3.63) is 48.4 Å². The highest BCUT2D eigenvalue weighted by Gasteiger charge is 2.06. The smallest absolute Gasteiger partial charge is 0.222 e. The minimum Gasteiger partial charge on any atom is -0.436 e. The molecule has 2 rings (SSSR count). The first kappa shape index (κ1) is 9.51. The molecule has 0 N–H and O–H groups in total. The zero-order valence-corrected chi connectivity index (χ0v) is 7.52. The fourth-order valence-corrected chi connectivity index (χ4v) is 1.01. The molecule has 0 bridgehead atoms. The third kappa shape index (κ3) is 2.25. The van der Waals surface area contributed by atoms with E-state index in [-0.39, 0.29) is 11.6 Å². The molecule has 0 aliphatic carbocycles. The van der Waals surface area contributed by atoms with Gasteiger partial charge in [-0.05, 0) is 12.1 Å². The molecule has 0 saturated carbocycles. The molecule has 0 atom stereocenters. The lowest BCUT2D eigenvalue weighted by Crippen LogP contribution is -1.91. The van der Waals surface area contributed by atoms with Crippen molar-refractivity contribution in [1.82, 2.24) is 9.97 Å². The molecule has 0 aliphatic rings. The second-order valence-corrected chi connectivity index (χ2v) is 2.72. The number of aromatic nitrogens is 2. The molecule has 15 heavy (non-hydrogen) atoms. The molecule has 0 unspecified atom stereocenters. The van der Waals surface area contributed by atoms with Crippen LogP contribution in [0.25, 0.3) is 0 Å². The fourth-order valence-electron chi connectivity index (χ4n) is 1.01. The molecule has 0 saturated heterocycles. The Kier molecular flexibility index (Phi) is 2.53. The minimum atomic E-state index is -0.770. The van der Waals surface area contributed by atoms with Gasteiger partial charge < -0.3 is 4.74 Å². The Morgan fingerprint density at radius 3 is 2.67 bits per heavy atom. The van der Waals surface area contributed by atoms with E-state index < -0.39 is 11.6 Å². The maximum atomic E-state index is 13.1. The van der Waals surface area contributed by atoms with Crippen LogP contribution in [0.1, 0.15) is 0 Å². The molecule has 0 amide bonds. The van der Waals surface area contributed by atoms with Crippen LogP contribution in [0, 0.1) is 11.6 Å². The molecule has 0 aliphatic heterocycles. The molecular weight excluding hydrogens is 202 g/mol. The highest BCUT2D eigenvalue weighted by atomic mass is 19.1. The highest BCUT2D eigenvalue weighted by molar-refractivity contribution is 5.28. The molecule has 5 heteroatoms. The summed E-state index contributed by atoms with van der Waals surface area (Å²) in [6, 6.07) is 4.53. The number of hydrogen-bond acceptors (Lipinski definition) is 3. The van der Waals surface area contributed by atoms with Crippen LogP contribution in [-0.4, -0.2) is 9.97 Å². The molecular formula is C10H6F2N2O. The van der Waals surface area contributed by atoms with Gasteiger partial charge in [-0.15, -0.1) is 0 Å². The van der Waals surface area contributed by atoms with E-state index in [1.165, 1.54) is 24.7 Å². The van der Waals surface area contributed by atoms with Gasteiger partial charge >= 0.3 is 0 Å². The van der Waals surface area contributed by atoms with E-state index in [9.17, 15) is 8.78 Å². The van der Waals surface area contributed by atoms with Crippen LogP contribution in [-0.2, 0) is 0 Å². The summed E-state index contributed by atoms with van der Waals surface area (Å²) in [4.78, 5) is 7.42. The predicted molar refractivity (Wildman–Crippen MR) is 48.5 cm³/mol. The third-order valence-electron chi connectivity index (χ3n) is 1.66. The van der Waals surface area contributed by atoms with Crippen molar-refractivity contribution in [3.8, 4) is 11.6 Å². The Balaban J connectivity index is 2.25. The maximum Gasteiger partial charge on any atom is 0.222 e. The Hall–Kier alpha value is -2.04. The summed E-state index contributed by atoms with van der Waals surface area (Å²) in [5, 5.41) is 0. The van der Waals surface area contributed by atoms with Crippen molar-refractivity contribution < 1.29 is 13.5 Å². The van der Waals surface area contributed by atoms with Crippen LogP contribution in [0.5, 0.6) is 11.6 Å². The molecule has 2 aromatic rings. The van der Waals surface area contributed by atoms with Crippen LogP contribution in [0.15, 0.2) is 36.8 Å². The van der Waals surface area contributed by atoms with Gasteiger partial charge in [-0.1, -0.05) is 0 Å². The van der Waals surface area contributed by atoms with Gasteiger partial charge in [0.2, 0.25) is 5.88 Å². The average Bonchev–Trinajstić information content (AvgIpc) is 2.24. The first-order chi connectivity index (χ1) is 7.25. The van der Waals surface area contributed by atoms with Gasteiger partial charge in [0, 0.05) is 18.3 Å². The summed E-state index contributed by atoms with van der Waals surface area (Å²) in [7, 11) is 0. The average molecular weight is 208 g/mol. The van der Waals surface area contributed by atoms with Crippen LogP contribution in [0.4, 0.5) is 8.78 Å². The standard InChI is InChI=1S/C10H6F2N2O/c11-7-1-2-9(8(12)5-7)15-10-3-4-13-6-14-10/h1-6H. The van der Waals surface area contributed by atoms with Crippen molar-refractivity contribution in [3.63, 3.8) is 0 Å². The Labute approximate surface area is 84.4 Å². The highest BCUT2D eigenvalue weighted by Crippen LogP contribution is 2.22. The van der Waals surface area contributed by atoms with Gasteiger partial charge in [-0.2, -0.15) is 0 Å². The van der Waals surface area contributed by atoms with Crippen molar-refractivity contribution in [2.24, 2.45) is 0 Å². The second-order valence-electron chi connectivity index (χ2n) is 2.72. The number of rotatable bonds is 2. The summed E-state index contributed by atoms with van der Waals surface area (Å²) >= 11 is 0. The normalized spacial score (nSPS) is 10.0. The summed E-state index contributed by atoms with van der Waals surface area (Å²) < 4.78 is 30.8. The van der Waals surface area contributed by atoms with Gasteiger partial charge in [-0.3, -0.25) is 0 Å². The van der Waals surface area contributed by atoms with E-state index in [2.05, 4.69) is 9.97 Å². The maximum absolute atomic E-state index is 13.1. The lowest BCUT2D eigenvalue weighted by Gasteiger charge is -2.04. The second kappa shape index (κ2) is 4.00. The van der Waals surface area contributed by atoms with Crippen LogP contribution >= 0.6 is 0 Å². The van der Waals surface area contributed by atoms with Crippen molar-refractivity contribution >= 4 is 0 Å². The molecule has 0 radical (unpaired) electrons. The number of halogens is 2. The van der Waals surface area contributed by atoms with E-state index in [4.69, 9.17) is 4.74 Å². The van der Waals surface area contributed by atoms with Crippen LogP contribution < -0.4 is 4.74 Å². The molecule has 1 aromatic carbocycles. The topological polar surface area (TPSA) is 35.0 Å². The van der Waals surface area contributed by atoms with E-state index in [0.29, 0.717) is 0 Å². The Morgan fingerprint density at radius 1 is 1.13 bits per heavy atom. The molecule has 0 spiro atoms. The van der Waals surface area contributed by atoms with Crippen molar-refractivity contribution in [2.75, 3.05) is 0 Å². The number of benzene rings is 1. The van der Waals surface area contributed by atoms with Crippen molar-refractivity contribution in [1.29, 1.82) is 0 Å². The Bertz CT molecular complexity index is 462. The van der Waals surface area contributed by atoms with Gasteiger partial charge in [0.05, 0.1) is 0 Å². The first-order valence-corrected chi connectivity index (χ1v) is 4.14. The summed E-state index contributed by atoms with van der Waals surface area (Å²) in [5.74, 6) is -1.29. The summed E-state index contributed by atoms with van der Waals surface area (Å²) in [6.07, 6.45) is 2.74. The summed E-state index contributed by atoms with van der Waals surface area (Å²) in [6.45, 7) is 0. The van der Waals surface area contributed by atoms with E-state index in [1.807, 2.05) is 0 Å². The third-order valence-corrected chi connectivity index (χ3v) is 1.66. The largest absolute Gasteiger partial charge is 0.436 e. The van der Waals surface area contributed by atoms with E-state index >= 15 is 0 Å². The molecule has 3 nitrogen and oxygen atoms in total. The minimum absolute atomic E-state index is 0.0740. The zero-order chi connectivity index (χ0) is 10.7. The predicted octanol–water partition coefficient (Wildman–Crippen LogP) is 2.55. The molecule has 1 aromatic heterocycles.